The van der Waals surface area contributed by atoms with Gasteiger partial charge in [0.1, 0.15) is 6.10 Å². The number of aromatic nitrogens is 2. The van der Waals surface area contributed by atoms with Gasteiger partial charge in [-0.25, -0.2) is 9.97 Å². The molecule has 4 nitrogen and oxygen atoms in total. The molecule has 0 bridgehead atoms. The van der Waals surface area contributed by atoms with Crippen molar-refractivity contribution in [1.29, 1.82) is 0 Å². The summed E-state index contributed by atoms with van der Waals surface area (Å²) in [5, 5.41) is 3.39. The van der Waals surface area contributed by atoms with Gasteiger partial charge in [0.25, 0.3) is 0 Å². The molecule has 0 radical (unpaired) electrons. The zero-order valence-electron chi connectivity index (χ0n) is 13.4. The third-order valence-electron chi connectivity index (χ3n) is 3.77. The van der Waals surface area contributed by atoms with Gasteiger partial charge in [-0.05, 0) is 37.9 Å². The van der Waals surface area contributed by atoms with Crippen LogP contribution in [0, 0.1) is 0 Å². The van der Waals surface area contributed by atoms with Crippen molar-refractivity contribution in [2.24, 2.45) is 0 Å². The number of hydrogen-bond donors (Lipinski definition) is 1. The highest BCUT2D eigenvalue weighted by Crippen LogP contribution is 2.26. The second-order valence-electron chi connectivity index (χ2n) is 5.20. The van der Waals surface area contributed by atoms with Crippen LogP contribution in [-0.2, 0) is 24.0 Å². The number of aryl methyl sites for hydroxylation is 2. The Kier molecular flexibility index (Phi) is 6.93. The Morgan fingerprint density at radius 3 is 2.43 bits per heavy atom. The number of hydrogen-bond acceptors (Lipinski definition) is 5. The van der Waals surface area contributed by atoms with Gasteiger partial charge in [0.15, 0.2) is 5.82 Å². The minimum absolute atomic E-state index is 0.0715. The fourth-order valence-electron chi connectivity index (χ4n) is 2.65. The molecule has 1 aromatic heterocycles. The van der Waals surface area contributed by atoms with Crippen molar-refractivity contribution in [3.63, 3.8) is 0 Å². The van der Waals surface area contributed by atoms with Gasteiger partial charge in [0.05, 0.1) is 6.61 Å². The molecule has 1 aliphatic rings. The van der Waals surface area contributed by atoms with Crippen LogP contribution in [0.3, 0.4) is 0 Å². The molecule has 1 saturated heterocycles. The molecule has 2 rings (SSSR count). The van der Waals surface area contributed by atoms with Gasteiger partial charge in [0.2, 0.25) is 0 Å². The molecule has 1 aliphatic heterocycles. The van der Waals surface area contributed by atoms with E-state index in [1.807, 2.05) is 11.8 Å². The van der Waals surface area contributed by atoms with Crippen molar-refractivity contribution < 1.29 is 4.74 Å². The molecule has 1 atom stereocenters. The van der Waals surface area contributed by atoms with Crippen molar-refractivity contribution in [2.75, 3.05) is 31.2 Å². The highest BCUT2D eigenvalue weighted by molar-refractivity contribution is 7.99. The van der Waals surface area contributed by atoms with Crippen LogP contribution in [-0.4, -0.2) is 41.2 Å². The topological polar surface area (TPSA) is 47.0 Å². The summed E-state index contributed by atoms with van der Waals surface area (Å²) in [5.74, 6) is 2.95. The van der Waals surface area contributed by atoms with E-state index in [9.17, 15) is 0 Å². The number of nitrogens with one attached hydrogen (secondary N) is 1. The smallest absolute Gasteiger partial charge is 0.158 e. The van der Waals surface area contributed by atoms with Crippen molar-refractivity contribution in [1.82, 2.24) is 15.3 Å². The first-order valence-electron chi connectivity index (χ1n) is 8.08. The van der Waals surface area contributed by atoms with Crippen LogP contribution < -0.4 is 5.32 Å². The fourth-order valence-corrected chi connectivity index (χ4v) is 3.49. The molecule has 118 valence electrons. The minimum Gasteiger partial charge on any atom is -0.368 e. The lowest BCUT2D eigenvalue weighted by Gasteiger charge is -2.23. The lowest BCUT2D eigenvalue weighted by atomic mass is 10.0. The molecule has 0 spiro atoms. The zero-order valence-corrected chi connectivity index (χ0v) is 14.3. The summed E-state index contributed by atoms with van der Waals surface area (Å²) in [6.07, 6.45) is 3.01. The SMILES string of the molecule is CCNCCc1c(CC)nc(C2CSCCO2)nc1CC. The van der Waals surface area contributed by atoms with Gasteiger partial charge >= 0.3 is 0 Å². The van der Waals surface area contributed by atoms with E-state index in [0.717, 1.165) is 56.3 Å². The summed E-state index contributed by atoms with van der Waals surface area (Å²) in [5.41, 5.74) is 3.75. The van der Waals surface area contributed by atoms with E-state index >= 15 is 0 Å². The van der Waals surface area contributed by atoms with Crippen LogP contribution in [0.2, 0.25) is 0 Å². The monoisotopic (exact) mass is 309 g/mol. The molecule has 1 aromatic rings. The molecule has 0 aromatic carbocycles. The summed E-state index contributed by atoms with van der Waals surface area (Å²) in [7, 11) is 0. The second-order valence-corrected chi connectivity index (χ2v) is 6.35. The van der Waals surface area contributed by atoms with Gasteiger partial charge in [0, 0.05) is 22.9 Å². The average Bonchev–Trinajstić information content (AvgIpc) is 2.55. The van der Waals surface area contributed by atoms with Gasteiger partial charge < -0.3 is 10.1 Å². The van der Waals surface area contributed by atoms with E-state index < -0.39 is 0 Å². The summed E-state index contributed by atoms with van der Waals surface area (Å²) >= 11 is 1.93. The molecule has 0 aliphatic carbocycles. The van der Waals surface area contributed by atoms with Gasteiger partial charge in [-0.15, -0.1) is 0 Å². The predicted octanol–water partition coefficient (Wildman–Crippen LogP) is 2.56. The Morgan fingerprint density at radius 1 is 1.19 bits per heavy atom. The van der Waals surface area contributed by atoms with E-state index in [0.29, 0.717) is 0 Å². The number of thioether (sulfide) groups is 1. The Hall–Kier alpha value is -0.650. The quantitative estimate of drug-likeness (QED) is 0.784. The van der Waals surface area contributed by atoms with E-state index in [-0.39, 0.29) is 6.10 Å². The highest BCUT2D eigenvalue weighted by Gasteiger charge is 2.22. The maximum atomic E-state index is 5.84. The van der Waals surface area contributed by atoms with Crippen molar-refractivity contribution in [3.05, 3.63) is 22.8 Å². The highest BCUT2D eigenvalue weighted by atomic mass is 32.2. The molecular formula is C16H27N3OS. The van der Waals surface area contributed by atoms with E-state index in [4.69, 9.17) is 14.7 Å². The first-order chi connectivity index (χ1) is 10.3. The van der Waals surface area contributed by atoms with Crippen molar-refractivity contribution in [2.45, 2.75) is 46.1 Å². The Morgan fingerprint density at radius 2 is 1.90 bits per heavy atom. The fraction of sp³-hybridized carbons (Fsp3) is 0.750. The Labute approximate surface area is 132 Å². The van der Waals surface area contributed by atoms with E-state index in [2.05, 4.69) is 26.1 Å². The minimum atomic E-state index is 0.0715. The molecule has 1 unspecified atom stereocenters. The number of ether oxygens (including phenoxy) is 1. The molecule has 1 N–H and O–H groups in total. The molecule has 2 heterocycles. The maximum Gasteiger partial charge on any atom is 0.158 e. The van der Waals surface area contributed by atoms with Crippen LogP contribution in [0.15, 0.2) is 0 Å². The Balaban J connectivity index is 2.24. The second kappa shape index (κ2) is 8.71. The lowest BCUT2D eigenvalue weighted by Crippen LogP contribution is -2.22. The van der Waals surface area contributed by atoms with Gasteiger partial charge in [-0.1, -0.05) is 20.8 Å². The lowest BCUT2D eigenvalue weighted by molar-refractivity contribution is 0.0690. The van der Waals surface area contributed by atoms with Crippen LogP contribution in [0.25, 0.3) is 0 Å². The molecule has 1 fully saturated rings. The third kappa shape index (κ3) is 4.41. The molecular weight excluding hydrogens is 282 g/mol. The van der Waals surface area contributed by atoms with E-state index in [1.165, 1.54) is 17.0 Å². The summed E-state index contributed by atoms with van der Waals surface area (Å²) in [6.45, 7) is 9.31. The first kappa shape index (κ1) is 16.7. The van der Waals surface area contributed by atoms with Gasteiger partial charge in [-0.2, -0.15) is 11.8 Å². The largest absolute Gasteiger partial charge is 0.368 e. The number of nitrogens with zero attached hydrogens (tertiary/aromatic N) is 2. The average molecular weight is 309 g/mol. The van der Waals surface area contributed by atoms with Crippen LogP contribution >= 0.6 is 11.8 Å². The van der Waals surface area contributed by atoms with Crippen molar-refractivity contribution in [3.8, 4) is 0 Å². The molecule has 21 heavy (non-hydrogen) atoms. The van der Waals surface area contributed by atoms with Crippen LogP contribution in [0.4, 0.5) is 0 Å². The first-order valence-corrected chi connectivity index (χ1v) is 9.24. The molecule has 5 heteroatoms. The van der Waals surface area contributed by atoms with Crippen molar-refractivity contribution >= 4 is 11.8 Å². The predicted molar refractivity (Wildman–Crippen MR) is 89.1 cm³/mol. The van der Waals surface area contributed by atoms with E-state index in [1.54, 1.807) is 0 Å². The summed E-state index contributed by atoms with van der Waals surface area (Å²) in [4.78, 5) is 9.65. The maximum absolute atomic E-state index is 5.84. The zero-order chi connectivity index (χ0) is 15.1. The molecule has 0 amide bonds. The Bertz CT molecular complexity index is 422. The standard InChI is InChI=1S/C16H27N3OS/c1-4-13-12(7-8-17-6-3)14(5-2)19-16(18-13)15-11-21-10-9-20-15/h15,17H,4-11H2,1-3H3. The normalized spacial score (nSPS) is 18.9. The van der Waals surface area contributed by atoms with Crippen LogP contribution in [0.5, 0.6) is 0 Å². The number of rotatable bonds is 7. The van der Waals surface area contributed by atoms with Gasteiger partial charge in [-0.3, -0.25) is 0 Å². The third-order valence-corrected chi connectivity index (χ3v) is 4.76. The summed E-state index contributed by atoms with van der Waals surface area (Å²) < 4.78 is 5.84. The van der Waals surface area contributed by atoms with Crippen LogP contribution in [0.1, 0.15) is 49.7 Å². The molecule has 0 saturated carbocycles. The number of likely N-dealkylation sites (N-methyl/N-ethyl adjacent to an activating group) is 1. The summed E-state index contributed by atoms with van der Waals surface area (Å²) in [6, 6.07) is 0.